The molecule has 0 spiro atoms. The van der Waals surface area contributed by atoms with Gasteiger partial charge in [0.1, 0.15) is 10.7 Å². The van der Waals surface area contributed by atoms with Crippen molar-refractivity contribution >= 4 is 20.6 Å². The minimum atomic E-state index is 0.312. The minimum Gasteiger partial charge on any atom is -0.391 e. The van der Waals surface area contributed by atoms with Gasteiger partial charge in [-0.2, -0.15) is 0 Å². The van der Waals surface area contributed by atoms with Crippen LogP contribution in [0.2, 0.25) is 0 Å². The van der Waals surface area contributed by atoms with E-state index in [4.69, 9.17) is 4.84 Å². The molecule has 0 aromatic rings. The van der Waals surface area contributed by atoms with Crippen molar-refractivity contribution in [3.05, 3.63) is 0 Å². The summed E-state index contributed by atoms with van der Waals surface area (Å²) in [5, 5.41) is 7.28. The van der Waals surface area contributed by atoms with Crippen LogP contribution in [0.1, 0.15) is 19.3 Å². The third kappa shape index (κ3) is 1.80. The second-order valence-electron chi connectivity index (χ2n) is 3.42. The number of hydrogen-bond donors (Lipinski definition) is 1. The van der Waals surface area contributed by atoms with Gasteiger partial charge < -0.3 is 10.2 Å². The predicted octanol–water partition coefficient (Wildman–Crippen LogP) is 1.48. The molecule has 0 aliphatic carbocycles. The average Bonchev–Trinajstić information content (AvgIpc) is 2.54. The van der Waals surface area contributed by atoms with Crippen LogP contribution in [0.25, 0.3) is 0 Å². The number of rotatable bonds is 1. The van der Waals surface area contributed by atoms with E-state index in [9.17, 15) is 0 Å². The summed E-state index contributed by atoms with van der Waals surface area (Å²) in [4.78, 5) is 5.31. The number of halogens is 1. The molecule has 2 rings (SSSR count). The zero-order valence-corrected chi connectivity index (χ0v) is 8.51. The summed E-state index contributed by atoms with van der Waals surface area (Å²) < 4.78 is 0.957. The lowest BCUT2D eigenvalue weighted by atomic mass is 9.92. The van der Waals surface area contributed by atoms with Crippen molar-refractivity contribution in [2.75, 3.05) is 13.1 Å². The molecule has 2 heterocycles. The van der Waals surface area contributed by atoms with Gasteiger partial charge in [0.15, 0.2) is 0 Å². The van der Waals surface area contributed by atoms with Gasteiger partial charge in [0, 0.05) is 18.9 Å². The van der Waals surface area contributed by atoms with Gasteiger partial charge in [0.25, 0.3) is 0 Å². The lowest BCUT2D eigenvalue weighted by Crippen LogP contribution is -2.36. The first-order chi connectivity index (χ1) is 5.86. The van der Waals surface area contributed by atoms with Gasteiger partial charge in [0.05, 0.1) is 0 Å². The van der Waals surface area contributed by atoms with Gasteiger partial charge in [-0.05, 0) is 35.3 Å². The Morgan fingerprint density at radius 2 is 2.50 bits per heavy atom. The smallest absolute Gasteiger partial charge is 0.137 e. The topological polar surface area (TPSA) is 33.6 Å². The molecule has 0 aromatic heterocycles. The van der Waals surface area contributed by atoms with E-state index in [-0.39, 0.29) is 0 Å². The van der Waals surface area contributed by atoms with Crippen LogP contribution >= 0.6 is 15.9 Å². The number of oxime groups is 1. The van der Waals surface area contributed by atoms with Crippen molar-refractivity contribution in [3.8, 4) is 0 Å². The second-order valence-corrected chi connectivity index (χ2v) is 4.34. The first kappa shape index (κ1) is 8.51. The molecule has 0 radical (unpaired) electrons. The molecule has 2 atom stereocenters. The lowest BCUT2D eigenvalue weighted by Gasteiger charge is -2.25. The Labute approximate surface area is 80.7 Å². The van der Waals surface area contributed by atoms with E-state index in [0.29, 0.717) is 12.0 Å². The van der Waals surface area contributed by atoms with Crippen molar-refractivity contribution in [1.29, 1.82) is 0 Å². The molecule has 0 unspecified atom stereocenters. The van der Waals surface area contributed by atoms with E-state index in [2.05, 4.69) is 26.4 Å². The van der Waals surface area contributed by atoms with Crippen LogP contribution in [0, 0.1) is 5.92 Å². The first-order valence-electron chi connectivity index (χ1n) is 4.45. The zero-order chi connectivity index (χ0) is 8.39. The maximum absolute atomic E-state index is 5.31. The molecule has 1 fully saturated rings. The Morgan fingerprint density at radius 1 is 1.58 bits per heavy atom. The van der Waals surface area contributed by atoms with Crippen LogP contribution in [0.4, 0.5) is 0 Å². The van der Waals surface area contributed by atoms with Crippen LogP contribution in [0.5, 0.6) is 0 Å². The maximum atomic E-state index is 5.31. The number of nitrogens with one attached hydrogen (secondary N) is 1. The van der Waals surface area contributed by atoms with Crippen molar-refractivity contribution in [1.82, 2.24) is 5.32 Å². The molecule has 1 saturated heterocycles. The first-order valence-corrected chi connectivity index (χ1v) is 5.24. The molecule has 12 heavy (non-hydrogen) atoms. The predicted molar refractivity (Wildman–Crippen MR) is 51.4 cm³/mol. The van der Waals surface area contributed by atoms with E-state index in [1.54, 1.807) is 0 Å². The van der Waals surface area contributed by atoms with E-state index >= 15 is 0 Å². The largest absolute Gasteiger partial charge is 0.391 e. The van der Waals surface area contributed by atoms with Gasteiger partial charge in [0.2, 0.25) is 0 Å². The molecule has 2 aliphatic heterocycles. The summed E-state index contributed by atoms with van der Waals surface area (Å²) >= 11 is 3.35. The molecule has 3 nitrogen and oxygen atoms in total. The summed E-state index contributed by atoms with van der Waals surface area (Å²) in [6.45, 7) is 2.24. The lowest BCUT2D eigenvalue weighted by molar-refractivity contribution is 0.0316. The van der Waals surface area contributed by atoms with E-state index in [1.807, 2.05) is 0 Å². The molecule has 2 aliphatic rings. The summed E-state index contributed by atoms with van der Waals surface area (Å²) in [6, 6.07) is 0. The Bertz CT molecular complexity index is 189. The molecule has 1 N–H and O–H groups in total. The normalized spacial score (nSPS) is 35.9. The van der Waals surface area contributed by atoms with E-state index in [0.717, 1.165) is 24.1 Å². The van der Waals surface area contributed by atoms with Gasteiger partial charge in [-0.3, -0.25) is 0 Å². The highest BCUT2D eigenvalue weighted by atomic mass is 79.9. The van der Waals surface area contributed by atoms with Gasteiger partial charge >= 0.3 is 0 Å². The molecular weight excluding hydrogens is 220 g/mol. The summed E-state index contributed by atoms with van der Waals surface area (Å²) in [7, 11) is 0. The Balaban J connectivity index is 1.85. The van der Waals surface area contributed by atoms with Crippen molar-refractivity contribution < 1.29 is 4.84 Å². The highest BCUT2D eigenvalue weighted by Crippen LogP contribution is 2.25. The number of piperidine rings is 1. The van der Waals surface area contributed by atoms with Crippen molar-refractivity contribution in [2.45, 2.75) is 25.4 Å². The fourth-order valence-corrected chi connectivity index (χ4v) is 2.22. The number of hydrogen-bond acceptors (Lipinski definition) is 3. The fourth-order valence-electron chi connectivity index (χ4n) is 1.81. The molecule has 0 saturated carbocycles. The standard InChI is InChI=1S/C8H13BrN2O/c9-8-4-7(12-11-8)6-2-1-3-10-5-6/h6-7,10H,1-5H2/t6-,7+/m1/s1. The zero-order valence-electron chi connectivity index (χ0n) is 6.92. The fraction of sp³-hybridized carbons (Fsp3) is 0.875. The monoisotopic (exact) mass is 232 g/mol. The Hall–Kier alpha value is -0.0900. The van der Waals surface area contributed by atoms with Crippen molar-refractivity contribution in [2.24, 2.45) is 11.1 Å². The average molecular weight is 233 g/mol. The van der Waals surface area contributed by atoms with Crippen LogP contribution in [0.15, 0.2) is 5.16 Å². The number of nitrogens with zero attached hydrogens (tertiary/aromatic N) is 1. The molecule has 0 aromatic carbocycles. The van der Waals surface area contributed by atoms with E-state index in [1.165, 1.54) is 12.8 Å². The minimum absolute atomic E-state index is 0.312. The molecule has 0 amide bonds. The summed E-state index contributed by atoms with van der Waals surface area (Å²) in [5.41, 5.74) is 0. The van der Waals surface area contributed by atoms with Crippen LogP contribution in [-0.4, -0.2) is 23.8 Å². The third-order valence-electron chi connectivity index (χ3n) is 2.52. The highest BCUT2D eigenvalue weighted by molar-refractivity contribution is 9.18. The maximum Gasteiger partial charge on any atom is 0.137 e. The Kier molecular flexibility index (Phi) is 2.66. The highest BCUT2D eigenvalue weighted by Gasteiger charge is 2.29. The van der Waals surface area contributed by atoms with Crippen LogP contribution in [-0.2, 0) is 4.84 Å². The van der Waals surface area contributed by atoms with Gasteiger partial charge in [-0.1, -0.05) is 5.16 Å². The SMILES string of the molecule is BrC1=NO[C@H]([C@@H]2CCCNC2)C1. The quantitative estimate of drug-likeness (QED) is 0.744. The summed E-state index contributed by atoms with van der Waals surface area (Å²) in [5.74, 6) is 0.651. The van der Waals surface area contributed by atoms with Crippen molar-refractivity contribution in [3.63, 3.8) is 0 Å². The Morgan fingerprint density at radius 3 is 3.08 bits per heavy atom. The van der Waals surface area contributed by atoms with Gasteiger partial charge in [-0.25, -0.2) is 0 Å². The van der Waals surface area contributed by atoms with Crippen LogP contribution < -0.4 is 5.32 Å². The van der Waals surface area contributed by atoms with Gasteiger partial charge in [-0.15, -0.1) is 0 Å². The summed E-state index contributed by atoms with van der Waals surface area (Å²) in [6.07, 6.45) is 3.80. The van der Waals surface area contributed by atoms with Crippen LogP contribution in [0.3, 0.4) is 0 Å². The molecular formula is C8H13BrN2O. The van der Waals surface area contributed by atoms with E-state index < -0.39 is 0 Å². The third-order valence-corrected chi connectivity index (χ3v) is 2.99. The molecule has 4 heteroatoms. The molecule has 68 valence electrons. The molecule has 0 bridgehead atoms. The second kappa shape index (κ2) is 3.75.